The molecule has 206 valence electrons. The number of hydrogen-bond donors (Lipinski definition) is 3. The first-order valence-electron chi connectivity index (χ1n) is 11.6. The van der Waals surface area contributed by atoms with Gasteiger partial charge in [0.1, 0.15) is 29.3 Å². The van der Waals surface area contributed by atoms with Crippen molar-refractivity contribution < 1.29 is 33.0 Å². The quantitative estimate of drug-likeness (QED) is 0.121. The second kappa shape index (κ2) is 11.9. The van der Waals surface area contributed by atoms with Gasteiger partial charge in [-0.05, 0) is 51.4 Å². The van der Waals surface area contributed by atoms with Gasteiger partial charge in [-0.1, -0.05) is 23.3 Å². The van der Waals surface area contributed by atoms with Crippen molar-refractivity contribution in [1.29, 1.82) is 0 Å². The number of esters is 1. The molecule has 1 aliphatic heterocycles. The summed E-state index contributed by atoms with van der Waals surface area (Å²) < 4.78 is 36.9. The average molecular weight is 551 g/mol. The van der Waals surface area contributed by atoms with E-state index in [0.29, 0.717) is 0 Å². The summed E-state index contributed by atoms with van der Waals surface area (Å²) in [6.45, 7) is 5.59. The Hall–Kier alpha value is -3.45. The highest BCUT2D eigenvalue weighted by molar-refractivity contribution is 7.52. The van der Waals surface area contributed by atoms with Crippen molar-refractivity contribution in [3.8, 4) is 5.75 Å². The molecule has 0 saturated carbocycles. The smallest absolute Gasteiger partial charge is 0.459 e. The number of carbonyl (C=O) groups excluding carboxylic acids is 1. The maximum atomic E-state index is 13.7. The van der Waals surface area contributed by atoms with E-state index in [9.17, 15) is 19.3 Å². The van der Waals surface area contributed by atoms with Gasteiger partial charge in [0.25, 0.3) is 0 Å². The van der Waals surface area contributed by atoms with Crippen LogP contribution in [-0.4, -0.2) is 57.1 Å². The van der Waals surface area contributed by atoms with Crippen LogP contribution in [0.15, 0.2) is 52.5 Å². The van der Waals surface area contributed by atoms with Crippen molar-refractivity contribution >= 4 is 19.5 Å². The van der Waals surface area contributed by atoms with Crippen molar-refractivity contribution in [3.63, 3.8) is 0 Å². The molecule has 1 fully saturated rings. The van der Waals surface area contributed by atoms with E-state index in [4.69, 9.17) is 29.8 Å². The van der Waals surface area contributed by atoms with Gasteiger partial charge in [0.15, 0.2) is 6.23 Å². The summed E-state index contributed by atoms with van der Waals surface area (Å²) in [5.74, 6) is -0.550. The number of aliphatic hydroxyl groups is 1. The van der Waals surface area contributed by atoms with Gasteiger partial charge in [0.2, 0.25) is 0 Å². The zero-order chi connectivity index (χ0) is 28.1. The molecule has 0 aliphatic carbocycles. The van der Waals surface area contributed by atoms with Crippen LogP contribution in [0.4, 0.5) is 5.82 Å². The molecule has 2 heterocycles. The minimum atomic E-state index is -4.28. The molecule has 38 heavy (non-hydrogen) atoms. The largest absolute Gasteiger partial charge is 0.462 e. The molecule has 3 rings (SSSR count). The highest BCUT2D eigenvalue weighted by Gasteiger charge is 2.55. The number of benzene rings is 1. The summed E-state index contributed by atoms with van der Waals surface area (Å²) in [6, 6.07) is 8.32. The summed E-state index contributed by atoms with van der Waals surface area (Å²) in [5.41, 5.74) is 12.2. The molecule has 2 aromatic rings. The lowest BCUT2D eigenvalue weighted by atomic mass is 9.93. The van der Waals surface area contributed by atoms with Crippen LogP contribution in [0.3, 0.4) is 0 Å². The van der Waals surface area contributed by atoms with Gasteiger partial charge in [-0.15, -0.1) is 0 Å². The van der Waals surface area contributed by atoms with Gasteiger partial charge in [0.05, 0.1) is 18.8 Å². The van der Waals surface area contributed by atoms with Crippen molar-refractivity contribution in [3.05, 3.63) is 63.5 Å². The van der Waals surface area contributed by atoms with Gasteiger partial charge >= 0.3 is 19.4 Å². The summed E-state index contributed by atoms with van der Waals surface area (Å²) >= 11 is 0. The Morgan fingerprint density at radius 1 is 1.37 bits per heavy atom. The molecule has 1 aromatic heterocycles. The van der Waals surface area contributed by atoms with Crippen LogP contribution in [0.25, 0.3) is 10.4 Å². The minimum absolute atomic E-state index is 0.0367. The third-order valence-electron chi connectivity index (χ3n) is 5.55. The number of azide groups is 1. The third kappa shape index (κ3) is 6.70. The Labute approximate surface area is 218 Å². The summed E-state index contributed by atoms with van der Waals surface area (Å²) in [5, 5.41) is 17.2. The second-order valence-electron chi connectivity index (χ2n) is 8.96. The number of nitrogen functional groups attached to an aromatic ring is 1. The van der Waals surface area contributed by atoms with Gasteiger partial charge in [-0.3, -0.25) is 13.9 Å². The number of nitrogens with two attached hydrogens (primary N) is 1. The lowest BCUT2D eigenvalue weighted by Gasteiger charge is -2.28. The average Bonchev–Trinajstić information content (AvgIpc) is 3.08. The van der Waals surface area contributed by atoms with E-state index < -0.39 is 62.1 Å². The molecule has 0 spiro atoms. The number of para-hydroxylation sites is 1. The molecule has 0 radical (unpaired) electrons. The van der Waals surface area contributed by atoms with Crippen molar-refractivity contribution in [2.24, 2.45) is 5.11 Å². The summed E-state index contributed by atoms with van der Waals surface area (Å²) in [6.07, 6.45) is -3.19. The molecule has 16 heteroatoms. The Bertz CT molecular complexity index is 1290. The van der Waals surface area contributed by atoms with Gasteiger partial charge in [0, 0.05) is 11.1 Å². The van der Waals surface area contributed by atoms with Crippen LogP contribution in [0, 0.1) is 0 Å². The number of anilines is 1. The molecular formula is C22H30N7O8P. The zero-order valence-corrected chi connectivity index (χ0v) is 22.1. The Kier molecular flexibility index (Phi) is 9.15. The first kappa shape index (κ1) is 29.1. The number of ether oxygens (including phenoxy) is 2. The topological polar surface area (TPSA) is 213 Å². The molecule has 0 amide bonds. The minimum Gasteiger partial charge on any atom is -0.462 e. The van der Waals surface area contributed by atoms with E-state index in [0.717, 1.165) is 4.57 Å². The number of aliphatic hydroxyl groups excluding tert-OH is 1. The predicted molar refractivity (Wildman–Crippen MR) is 135 cm³/mol. The molecule has 0 unspecified atom stereocenters. The summed E-state index contributed by atoms with van der Waals surface area (Å²) in [7, 11) is -4.28. The number of nitrogens with zero attached hydrogens (tertiary/aromatic N) is 5. The van der Waals surface area contributed by atoms with E-state index in [-0.39, 0.29) is 11.6 Å². The predicted octanol–water partition coefficient (Wildman–Crippen LogP) is 2.29. The van der Waals surface area contributed by atoms with Gasteiger partial charge in [-0.2, -0.15) is 10.1 Å². The summed E-state index contributed by atoms with van der Waals surface area (Å²) in [4.78, 5) is 31.2. The van der Waals surface area contributed by atoms with Crippen LogP contribution >= 0.6 is 7.75 Å². The van der Waals surface area contributed by atoms with Gasteiger partial charge in [-0.25, -0.2) is 9.36 Å². The Balaban J connectivity index is 1.86. The SMILES string of the molecule is CC(C)OC(=O)[C@@H](C)N[P@@](=O)(OC[C@H]1O[C@@H](n2ccc(N)nc2=O)[C@](C)(N=[N+]=[N-])[C@@H]1O)Oc1ccccc1. The molecular weight excluding hydrogens is 521 g/mol. The van der Waals surface area contributed by atoms with Crippen molar-refractivity contribution in [2.75, 3.05) is 12.3 Å². The van der Waals surface area contributed by atoms with Crippen molar-refractivity contribution in [1.82, 2.24) is 14.6 Å². The van der Waals surface area contributed by atoms with E-state index in [1.807, 2.05) is 0 Å². The standard InChI is InChI=1S/C22H30N7O8P/c1-13(2)35-19(31)14(3)26-38(33,37-15-8-6-5-7-9-15)34-12-16-18(30)22(4,27-28-24)20(36-16)29-11-10-17(23)25-21(29)32/h5-11,13-14,16,18,20,30H,12H2,1-4H3,(H,26,33)(H2,23,25,32)/t14-,16-,18-,20-,22-,38-/m1/s1. The number of rotatable bonds is 11. The second-order valence-corrected chi connectivity index (χ2v) is 10.7. The molecule has 15 nitrogen and oxygen atoms in total. The molecule has 1 saturated heterocycles. The van der Waals surface area contributed by atoms with Crippen LogP contribution in [0.1, 0.15) is 33.9 Å². The van der Waals surface area contributed by atoms with Crippen LogP contribution in [0.2, 0.25) is 0 Å². The highest BCUT2D eigenvalue weighted by atomic mass is 31.2. The maximum absolute atomic E-state index is 13.7. The Morgan fingerprint density at radius 2 is 2.05 bits per heavy atom. The van der Waals surface area contributed by atoms with Crippen LogP contribution in [-0.2, 0) is 23.4 Å². The van der Waals surface area contributed by atoms with Crippen LogP contribution < -0.4 is 21.0 Å². The van der Waals surface area contributed by atoms with E-state index in [1.165, 1.54) is 38.2 Å². The first-order valence-corrected chi connectivity index (χ1v) is 13.1. The normalized spacial score (nSPS) is 25.3. The number of hydrogen-bond acceptors (Lipinski definition) is 11. The number of aromatic nitrogens is 2. The van der Waals surface area contributed by atoms with E-state index >= 15 is 0 Å². The van der Waals surface area contributed by atoms with Crippen LogP contribution in [0.5, 0.6) is 5.75 Å². The molecule has 6 atom stereocenters. The lowest BCUT2D eigenvalue weighted by Crippen LogP contribution is -2.45. The fourth-order valence-electron chi connectivity index (χ4n) is 3.69. The van der Waals surface area contributed by atoms with Crippen molar-refractivity contribution in [2.45, 2.75) is 63.8 Å². The number of carbonyl (C=O) groups is 1. The zero-order valence-electron chi connectivity index (χ0n) is 21.2. The molecule has 0 bridgehead atoms. The van der Waals surface area contributed by atoms with E-state index in [2.05, 4.69) is 20.1 Å². The van der Waals surface area contributed by atoms with E-state index in [1.54, 1.807) is 32.0 Å². The highest BCUT2D eigenvalue weighted by Crippen LogP contribution is 2.47. The molecule has 4 N–H and O–H groups in total. The monoisotopic (exact) mass is 551 g/mol. The first-order chi connectivity index (χ1) is 17.9. The lowest BCUT2D eigenvalue weighted by molar-refractivity contribution is -0.149. The maximum Gasteiger partial charge on any atom is 0.459 e. The fourth-order valence-corrected chi connectivity index (χ4v) is 5.20. The van der Waals surface area contributed by atoms with Gasteiger partial charge < -0.3 is 24.8 Å². The molecule has 1 aliphatic rings. The number of nitrogens with one attached hydrogen (secondary N) is 1. The third-order valence-corrected chi connectivity index (χ3v) is 7.20. The molecule has 1 aromatic carbocycles. The Morgan fingerprint density at radius 3 is 2.66 bits per heavy atom. The fraction of sp³-hybridized carbons (Fsp3) is 0.500.